The average molecular weight is 295 g/mol. The first-order chi connectivity index (χ1) is 7.90. The van der Waals surface area contributed by atoms with Gasteiger partial charge >= 0.3 is 0 Å². The first-order valence-electron chi connectivity index (χ1n) is 5.75. The van der Waals surface area contributed by atoms with Crippen molar-refractivity contribution >= 4 is 34.5 Å². The highest BCUT2D eigenvalue weighted by atomic mass is 35.5. The summed E-state index contributed by atoms with van der Waals surface area (Å²) in [5.41, 5.74) is 1.10. The minimum absolute atomic E-state index is 0.239. The Hall–Kier alpha value is 0.200. The maximum Gasteiger partial charge on any atom is 0.0991 e. The van der Waals surface area contributed by atoms with E-state index in [1.54, 1.807) is 0 Å². The molecular weight excluding hydrogens is 275 g/mol. The first kappa shape index (κ1) is 15.3. The van der Waals surface area contributed by atoms with Crippen LogP contribution in [0.4, 0.5) is 0 Å². The van der Waals surface area contributed by atoms with Crippen molar-refractivity contribution in [2.45, 2.75) is 32.4 Å². The van der Waals surface area contributed by atoms with E-state index in [1.807, 2.05) is 6.07 Å². The molecule has 0 spiro atoms. The fourth-order valence-electron chi connectivity index (χ4n) is 1.70. The lowest BCUT2D eigenvalue weighted by atomic mass is 10.1. The second-order valence-corrected chi connectivity index (χ2v) is 6.95. The molecule has 0 aromatic carbocycles. The molecule has 2 atom stereocenters. The van der Waals surface area contributed by atoms with Gasteiger partial charge in [-0.05, 0) is 52.5 Å². The lowest BCUT2D eigenvalue weighted by Crippen LogP contribution is -2.31. The Morgan fingerprint density at radius 1 is 1.35 bits per heavy atom. The second kappa shape index (κ2) is 6.95. The molecule has 98 valence electrons. The van der Waals surface area contributed by atoms with Crippen molar-refractivity contribution in [3.05, 3.63) is 20.3 Å². The fourth-order valence-corrected chi connectivity index (χ4v) is 3.35. The molecule has 1 aromatic heterocycles. The van der Waals surface area contributed by atoms with E-state index in [0.29, 0.717) is 6.04 Å². The highest BCUT2D eigenvalue weighted by Gasteiger charge is 2.15. The average Bonchev–Trinajstić information content (AvgIpc) is 2.55. The lowest BCUT2D eigenvalue weighted by molar-refractivity contribution is 0.354. The van der Waals surface area contributed by atoms with Gasteiger partial charge in [-0.25, -0.2) is 0 Å². The molecule has 0 saturated heterocycles. The van der Waals surface area contributed by atoms with Gasteiger partial charge in [0.1, 0.15) is 0 Å². The SMILES string of the molecule is CC(CCN(C)C)NC(C)c1cc(Cl)sc1Cl. The highest BCUT2D eigenvalue weighted by molar-refractivity contribution is 7.20. The molecule has 2 unspecified atom stereocenters. The summed E-state index contributed by atoms with van der Waals surface area (Å²) in [6, 6.07) is 2.65. The first-order valence-corrected chi connectivity index (χ1v) is 7.33. The molecule has 1 aromatic rings. The number of rotatable bonds is 6. The molecule has 0 aliphatic heterocycles. The number of hydrogen-bond acceptors (Lipinski definition) is 3. The van der Waals surface area contributed by atoms with Gasteiger partial charge in [-0.1, -0.05) is 23.2 Å². The Kier molecular flexibility index (Phi) is 6.24. The smallest absolute Gasteiger partial charge is 0.0991 e. The van der Waals surface area contributed by atoms with Crippen LogP contribution in [-0.2, 0) is 0 Å². The Bertz CT molecular complexity index is 352. The third-order valence-electron chi connectivity index (χ3n) is 2.69. The summed E-state index contributed by atoms with van der Waals surface area (Å²) in [7, 11) is 4.18. The maximum atomic E-state index is 6.14. The van der Waals surface area contributed by atoms with E-state index in [-0.39, 0.29) is 6.04 Å². The van der Waals surface area contributed by atoms with Crippen LogP contribution in [0.25, 0.3) is 0 Å². The van der Waals surface area contributed by atoms with Crippen LogP contribution < -0.4 is 5.32 Å². The lowest BCUT2D eigenvalue weighted by Gasteiger charge is -2.21. The van der Waals surface area contributed by atoms with Crippen molar-refractivity contribution < 1.29 is 0 Å². The Balaban J connectivity index is 2.48. The van der Waals surface area contributed by atoms with E-state index in [0.717, 1.165) is 27.2 Å². The highest BCUT2D eigenvalue weighted by Crippen LogP contribution is 2.34. The number of hydrogen-bond donors (Lipinski definition) is 1. The maximum absolute atomic E-state index is 6.14. The fraction of sp³-hybridized carbons (Fsp3) is 0.667. The Labute approximate surface area is 118 Å². The van der Waals surface area contributed by atoms with Crippen LogP contribution in [0.5, 0.6) is 0 Å². The molecule has 0 fully saturated rings. The summed E-state index contributed by atoms with van der Waals surface area (Å²) in [4.78, 5) is 2.19. The third-order valence-corrected chi connectivity index (χ3v) is 4.21. The van der Waals surface area contributed by atoms with Gasteiger partial charge < -0.3 is 10.2 Å². The molecule has 17 heavy (non-hydrogen) atoms. The molecular formula is C12H20Cl2N2S. The largest absolute Gasteiger partial charge is 0.309 e. The van der Waals surface area contributed by atoms with Crippen molar-refractivity contribution in [3.8, 4) is 0 Å². The number of nitrogens with one attached hydrogen (secondary N) is 1. The summed E-state index contributed by atoms with van der Waals surface area (Å²) >= 11 is 13.5. The van der Waals surface area contributed by atoms with Crippen molar-refractivity contribution in [1.29, 1.82) is 0 Å². The summed E-state index contributed by atoms with van der Waals surface area (Å²) in [6.45, 7) is 5.40. The van der Waals surface area contributed by atoms with Crippen molar-refractivity contribution in [3.63, 3.8) is 0 Å². The third kappa shape index (κ3) is 5.14. The summed E-state index contributed by atoms with van der Waals surface area (Å²) in [6.07, 6.45) is 1.12. The van der Waals surface area contributed by atoms with Crippen LogP contribution in [0.1, 0.15) is 31.9 Å². The quantitative estimate of drug-likeness (QED) is 0.852. The minimum atomic E-state index is 0.239. The van der Waals surface area contributed by atoms with Crippen LogP contribution in [-0.4, -0.2) is 31.6 Å². The second-order valence-electron chi connectivity index (χ2n) is 4.66. The standard InChI is InChI=1S/C12H20Cl2N2S/c1-8(5-6-16(3)4)15-9(2)10-7-11(13)17-12(10)14/h7-9,15H,5-6H2,1-4H3. The minimum Gasteiger partial charge on any atom is -0.309 e. The zero-order valence-electron chi connectivity index (χ0n) is 10.8. The van der Waals surface area contributed by atoms with E-state index < -0.39 is 0 Å². The van der Waals surface area contributed by atoms with Gasteiger partial charge in [-0.15, -0.1) is 11.3 Å². The molecule has 5 heteroatoms. The Morgan fingerprint density at radius 2 is 2.00 bits per heavy atom. The molecule has 0 aliphatic carbocycles. The topological polar surface area (TPSA) is 15.3 Å². The number of halogens is 2. The van der Waals surface area contributed by atoms with Gasteiger partial charge in [0.05, 0.1) is 8.67 Å². The van der Waals surface area contributed by atoms with Crippen LogP contribution in [0.3, 0.4) is 0 Å². The van der Waals surface area contributed by atoms with Crippen molar-refractivity contribution in [2.75, 3.05) is 20.6 Å². The Morgan fingerprint density at radius 3 is 2.47 bits per heavy atom. The molecule has 0 saturated carbocycles. The number of nitrogens with zero attached hydrogens (tertiary/aromatic N) is 1. The molecule has 2 nitrogen and oxygen atoms in total. The zero-order chi connectivity index (χ0) is 13.0. The number of thiophene rings is 1. The molecule has 1 rings (SSSR count). The predicted octanol–water partition coefficient (Wildman–Crippen LogP) is 4.05. The molecule has 0 bridgehead atoms. The van der Waals surface area contributed by atoms with Gasteiger partial charge in [0, 0.05) is 12.1 Å². The normalized spacial score (nSPS) is 15.2. The van der Waals surface area contributed by atoms with Crippen LogP contribution in [0.2, 0.25) is 8.67 Å². The molecule has 0 aliphatic rings. The van der Waals surface area contributed by atoms with E-state index >= 15 is 0 Å². The molecule has 0 radical (unpaired) electrons. The van der Waals surface area contributed by atoms with E-state index in [2.05, 4.69) is 38.2 Å². The molecule has 0 amide bonds. The van der Waals surface area contributed by atoms with Crippen LogP contribution in [0, 0.1) is 0 Å². The van der Waals surface area contributed by atoms with Gasteiger partial charge in [0.25, 0.3) is 0 Å². The van der Waals surface area contributed by atoms with Crippen molar-refractivity contribution in [2.24, 2.45) is 0 Å². The van der Waals surface area contributed by atoms with Crippen LogP contribution >= 0.6 is 34.5 Å². The van der Waals surface area contributed by atoms with Crippen molar-refractivity contribution in [1.82, 2.24) is 10.2 Å². The summed E-state index contributed by atoms with van der Waals surface area (Å²) in [5.74, 6) is 0. The summed E-state index contributed by atoms with van der Waals surface area (Å²) in [5, 5.41) is 3.54. The molecule has 1 heterocycles. The van der Waals surface area contributed by atoms with Gasteiger partial charge in [-0.3, -0.25) is 0 Å². The van der Waals surface area contributed by atoms with Crippen LogP contribution in [0.15, 0.2) is 6.07 Å². The monoisotopic (exact) mass is 294 g/mol. The zero-order valence-corrected chi connectivity index (χ0v) is 13.1. The summed E-state index contributed by atoms with van der Waals surface area (Å²) < 4.78 is 1.54. The van der Waals surface area contributed by atoms with E-state index in [1.165, 1.54) is 11.3 Å². The van der Waals surface area contributed by atoms with E-state index in [4.69, 9.17) is 23.2 Å². The molecule has 1 N–H and O–H groups in total. The van der Waals surface area contributed by atoms with E-state index in [9.17, 15) is 0 Å². The van der Waals surface area contributed by atoms with Gasteiger partial charge in [0.2, 0.25) is 0 Å². The van der Waals surface area contributed by atoms with Gasteiger partial charge in [-0.2, -0.15) is 0 Å². The van der Waals surface area contributed by atoms with Gasteiger partial charge in [0.15, 0.2) is 0 Å². The predicted molar refractivity (Wildman–Crippen MR) is 78.5 cm³/mol.